The molecule has 20 heavy (non-hydrogen) atoms. The van der Waals surface area contributed by atoms with E-state index in [-0.39, 0.29) is 22.7 Å². The third-order valence-electron chi connectivity index (χ3n) is 2.94. The van der Waals surface area contributed by atoms with E-state index in [4.69, 9.17) is 4.74 Å². The highest BCUT2D eigenvalue weighted by Crippen LogP contribution is 2.26. The van der Waals surface area contributed by atoms with Gasteiger partial charge in [0, 0.05) is 6.54 Å². The lowest BCUT2D eigenvalue weighted by Crippen LogP contribution is -2.40. The Bertz CT molecular complexity index is 457. The van der Waals surface area contributed by atoms with Crippen LogP contribution in [0.5, 0.6) is 5.75 Å². The zero-order valence-corrected chi connectivity index (χ0v) is 13.9. The van der Waals surface area contributed by atoms with Gasteiger partial charge in [0.15, 0.2) is 0 Å². The first-order valence-electron chi connectivity index (χ1n) is 6.49. The minimum Gasteiger partial charge on any atom is -0.497 e. The molecule has 0 radical (unpaired) electrons. The summed E-state index contributed by atoms with van der Waals surface area (Å²) in [6, 6.07) is 7.17. The number of rotatable bonds is 5. The molecule has 0 bridgehead atoms. The van der Waals surface area contributed by atoms with Gasteiger partial charge in [0.2, 0.25) is 5.91 Å². The van der Waals surface area contributed by atoms with Crippen molar-refractivity contribution in [2.45, 2.75) is 31.7 Å². The molecular formula is C15H22BrNO3. The average Bonchev–Trinajstić information content (AvgIpc) is 2.42. The molecule has 0 fully saturated rings. The van der Waals surface area contributed by atoms with Crippen LogP contribution in [0.3, 0.4) is 0 Å². The summed E-state index contributed by atoms with van der Waals surface area (Å²) in [4.78, 5) is 11.7. The predicted octanol–water partition coefficient (Wildman–Crippen LogP) is 2.65. The van der Waals surface area contributed by atoms with Gasteiger partial charge in [-0.15, -0.1) is 0 Å². The molecule has 0 saturated carbocycles. The van der Waals surface area contributed by atoms with E-state index in [0.717, 1.165) is 0 Å². The molecule has 0 aromatic heterocycles. The van der Waals surface area contributed by atoms with Crippen molar-refractivity contribution in [3.8, 4) is 5.75 Å². The molecule has 5 heteroatoms. The number of halogens is 1. The monoisotopic (exact) mass is 343 g/mol. The summed E-state index contributed by atoms with van der Waals surface area (Å²) in [5, 5.41) is 12.8. The maximum atomic E-state index is 12.0. The van der Waals surface area contributed by atoms with E-state index in [1.54, 1.807) is 19.2 Å². The highest BCUT2D eigenvalue weighted by atomic mass is 79.9. The van der Waals surface area contributed by atoms with Crippen LogP contribution >= 0.6 is 15.9 Å². The molecule has 2 N–H and O–H groups in total. The number of methoxy groups -OCH3 is 1. The first kappa shape index (κ1) is 17.0. The number of aliphatic hydroxyl groups excluding tert-OH is 1. The molecule has 0 aliphatic rings. The number of alkyl halides is 1. The molecular weight excluding hydrogens is 322 g/mol. The number of benzene rings is 1. The number of carbonyl (C=O) groups is 1. The largest absolute Gasteiger partial charge is 0.497 e. The summed E-state index contributed by atoms with van der Waals surface area (Å²) >= 11 is 3.38. The molecule has 0 spiro atoms. The minimum absolute atomic E-state index is 0.126. The topological polar surface area (TPSA) is 58.6 Å². The van der Waals surface area contributed by atoms with Gasteiger partial charge in [-0.3, -0.25) is 4.79 Å². The van der Waals surface area contributed by atoms with Crippen LogP contribution in [0.2, 0.25) is 0 Å². The average molecular weight is 344 g/mol. The van der Waals surface area contributed by atoms with Crippen molar-refractivity contribution in [1.29, 1.82) is 0 Å². The van der Waals surface area contributed by atoms with E-state index >= 15 is 0 Å². The molecule has 1 aromatic rings. The van der Waals surface area contributed by atoms with Gasteiger partial charge in [0.25, 0.3) is 0 Å². The second kappa shape index (κ2) is 7.09. The van der Waals surface area contributed by atoms with E-state index in [0.29, 0.717) is 11.3 Å². The molecule has 4 nitrogen and oxygen atoms in total. The van der Waals surface area contributed by atoms with Gasteiger partial charge in [-0.1, -0.05) is 48.8 Å². The second-order valence-electron chi connectivity index (χ2n) is 5.77. The summed E-state index contributed by atoms with van der Waals surface area (Å²) in [6.45, 7) is 6.10. The van der Waals surface area contributed by atoms with Crippen LogP contribution in [0.15, 0.2) is 24.3 Å². The number of nitrogens with one attached hydrogen (secondary N) is 1. The molecule has 0 aliphatic carbocycles. The molecule has 1 rings (SSSR count). The molecule has 0 saturated heterocycles. The van der Waals surface area contributed by atoms with E-state index < -0.39 is 6.10 Å². The van der Waals surface area contributed by atoms with Gasteiger partial charge >= 0.3 is 0 Å². The Morgan fingerprint density at radius 1 is 1.45 bits per heavy atom. The third kappa shape index (κ3) is 4.80. The first-order chi connectivity index (χ1) is 9.25. The second-order valence-corrected chi connectivity index (χ2v) is 6.68. The normalized spacial score (nSPS) is 14.5. The SMILES string of the molecule is COc1cccc([C@H](O)CNC(=O)[C@@H](Br)C(C)(C)C)c1. The van der Waals surface area contributed by atoms with Crippen molar-refractivity contribution in [3.05, 3.63) is 29.8 Å². The molecule has 1 aromatic carbocycles. The van der Waals surface area contributed by atoms with Crippen molar-refractivity contribution in [3.63, 3.8) is 0 Å². The van der Waals surface area contributed by atoms with E-state index in [9.17, 15) is 9.90 Å². The van der Waals surface area contributed by atoms with Gasteiger partial charge in [0.1, 0.15) is 5.75 Å². The summed E-state index contributed by atoms with van der Waals surface area (Å²) in [6.07, 6.45) is -0.756. The molecule has 1 amide bonds. The number of hydrogen-bond donors (Lipinski definition) is 2. The lowest BCUT2D eigenvalue weighted by molar-refractivity contribution is -0.122. The van der Waals surface area contributed by atoms with Gasteiger partial charge < -0.3 is 15.2 Å². The van der Waals surface area contributed by atoms with Gasteiger partial charge in [0.05, 0.1) is 18.0 Å². The predicted molar refractivity (Wildman–Crippen MR) is 83.1 cm³/mol. The number of hydrogen-bond acceptors (Lipinski definition) is 3. The van der Waals surface area contributed by atoms with Crippen molar-refractivity contribution in [2.24, 2.45) is 5.41 Å². The Morgan fingerprint density at radius 2 is 2.10 bits per heavy atom. The van der Waals surface area contributed by atoms with Gasteiger partial charge in [-0.05, 0) is 23.1 Å². The lowest BCUT2D eigenvalue weighted by Gasteiger charge is -2.25. The minimum atomic E-state index is -0.756. The van der Waals surface area contributed by atoms with Crippen LogP contribution in [0, 0.1) is 5.41 Å². The summed E-state index contributed by atoms with van der Waals surface area (Å²) in [5.41, 5.74) is 0.539. The quantitative estimate of drug-likeness (QED) is 0.808. The Kier molecular flexibility index (Phi) is 6.02. The molecule has 0 heterocycles. The van der Waals surface area contributed by atoms with Gasteiger partial charge in [-0.25, -0.2) is 0 Å². The Morgan fingerprint density at radius 3 is 2.65 bits per heavy atom. The fourth-order valence-corrected chi connectivity index (χ4v) is 1.81. The Balaban J connectivity index is 2.59. The number of carbonyl (C=O) groups excluding carboxylic acids is 1. The summed E-state index contributed by atoms with van der Waals surface area (Å²) in [5.74, 6) is 0.556. The highest BCUT2D eigenvalue weighted by molar-refractivity contribution is 9.10. The van der Waals surface area contributed by atoms with Crippen LogP contribution in [-0.2, 0) is 4.79 Å². The number of aliphatic hydroxyl groups is 1. The van der Waals surface area contributed by atoms with E-state index in [2.05, 4.69) is 21.2 Å². The van der Waals surface area contributed by atoms with Crippen molar-refractivity contribution < 1.29 is 14.6 Å². The smallest absolute Gasteiger partial charge is 0.234 e. The van der Waals surface area contributed by atoms with Crippen molar-refractivity contribution >= 4 is 21.8 Å². The molecule has 2 atom stereocenters. The molecule has 112 valence electrons. The van der Waals surface area contributed by atoms with Crippen LogP contribution in [-0.4, -0.2) is 29.5 Å². The number of amides is 1. The Labute approximate surface area is 128 Å². The van der Waals surface area contributed by atoms with Crippen molar-refractivity contribution in [1.82, 2.24) is 5.32 Å². The van der Waals surface area contributed by atoms with Gasteiger partial charge in [-0.2, -0.15) is 0 Å². The van der Waals surface area contributed by atoms with E-state index in [1.165, 1.54) is 0 Å². The highest BCUT2D eigenvalue weighted by Gasteiger charge is 2.28. The lowest BCUT2D eigenvalue weighted by atomic mass is 9.91. The zero-order valence-electron chi connectivity index (χ0n) is 12.3. The van der Waals surface area contributed by atoms with Crippen molar-refractivity contribution in [2.75, 3.05) is 13.7 Å². The molecule has 0 aliphatic heterocycles. The third-order valence-corrected chi connectivity index (χ3v) is 4.73. The fraction of sp³-hybridized carbons (Fsp3) is 0.533. The summed E-state index contributed by atoms with van der Waals surface area (Å²) in [7, 11) is 1.58. The fourth-order valence-electron chi connectivity index (χ4n) is 1.65. The van der Waals surface area contributed by atoms with E-state index in [1.807, 2.05) is 32.9 Å². The standard InChI is InChI=1S/C15H22BrNO3/c1-15(2,3)13(16)14(19)17-9-12(18)10-6-5-7-11(8-10)20-4/h5-8,12-13,18H,9H2,1-4H3,(H,17,19)/t12-,13-/m1/s1. The van der Waals surface area contributed by atoms with Crippen LogP contribution in [0.4, 0.5) is 0 Å². The maximum Gasteiger partial charge on any atom is 0.234 e. The zero-order chi connectivity index (χ0) is 15.3. The number of ether oxygens (including phenoxy) is 1. The first-order valence-corrected chi connectivity index (χ1v) is 7.41. The van der Waals surface area contributed by atoms with Crippen LogP contribution < -0.4 is 10.1 Å². The summed E-state index contributed by atoms with van der Waals surface area (Å²) < 4.78 is 5.11. The Hall–Kier alpha value is -1.07. The maximum absolute atomic E-state index is 12.0. The molecule has 0 unspecified atom stereocenters. The van der Waals surface area contributed by atoms with Crippen LogP contribution in [0.1, 0.15) is 32.4 Å². The van der Waals surface area contributed by atoms with Crippen LogP contribution in [0.25, 0.3) is 0 Å².